The number of benzene rings is 1. The van der Waals surface area contributed by atoms with Crippen LogP contribution in [0.2, 0.25) is 5.02 Å². The summed E-state index contributed by atoms with van der Waals surface area (Å²) >= 11 is 6.01. The lowest BCUT2D eigenvalue weighted by Crippen LogP contribution is -2.42. The van der Waals surface area contributed by atoms with Gasteiger partial charge in [-0.1, -0.05) is 23.7 Å². The number of ether oxygens (including phenoxy) is 1. The van der Waals surface area contributed by atoms with E-state index in [0.29, 0.717) is 23.3 Å². The van der Waals surface area contributed by atoms with Gasteiger partial charge in [0.05, 0.1) is 17.3 Å². The van der Waals surface area contributed by atoms with Gasteiger partial charge in [-0.2, -0.15) is 0 Å². The first-order valence-electron chi connectivity index (χ1n) is 7.23. The summed E-state index contributed by atoms with van der Waals surface area (Å²) in [6.07, 6.45) is 2.28. The van der Waals surface area contributed by atoms with Crippen LogP contribution in [0.5, 0.6) is 0 Å². The molecule has 1 saturated heterocycles. The molecule has 5 nitrogen and oxygen atoms in total. The summed E-state index contributed by atoms with van der Waals surface area (Å²) in [6, 6.07) is 7.37. The quantitative estimate of drug-likeness (QED) is 0.849. The van der Waals surface area contributed by atoms with Crippen LogP contribution >= 0.6 is 11.6 Å². The zero-order valence-electron chi connectivity index (χ0n) is 12.3. The van der Waals surface area contributed by atoms with Crippen molar-refractivity contribution >= 4 is 23.3 Å². The number of anilines is 1. The van der Waals surface area contributed by atoms with Gasteiger partial charge in [0, 0.05) is 26.2 Å². The highest BCUT2D eigenvalue weighted by Gasteiger charge is 2.24. The molecule has 1 aliphatic rings. The molecule has 1 heterocycles. The lowest BCUT2D eigenvalue weighted by Gasteiger charge is -2.24. The molecule has 2 rings (SSSR count). The third-order valence-electron chi connectivity index (χ3n) is 3.70. The van der Waals surface area contributed by atoms with Crippen molar-refractivity contribution in [1.29, 1.82) is 0 Å². The standard InChI is InChI=1S/C15H22ClN3O2/c1-21-10-9-19-8-4-5-12(19)11-17-15(20)18-14-7-3-2-6-13(14)16/h2-3,6-7,12H,4-5,8-11H2,1H3,(H2,17,18,20). The number of nitrogens with one attached hydrogen (secondary N) is 2. The molecule has 0 radical (unpaired) electrons. The van der Waals surface area contributed by atoms with Gasteiger partial charge >= 0.3 is 6.03 Å². The van der Waals surface area contributed by atoms with Crippen molar-refractivity contribution in [3.63, 3.8) is 0 Å². The van der Waals surface area contributed by atoms with Gasteiger partial charge in [-0.25, -0.2) is 4.79 Å². The number of para-hydroxylation sites is 1. The lowest BCUT2D eigenvalue weighted by molar-refractivity contribution is 0.140. The second-order valence-corrected chi connectivity index (χ2v) is 5.55. The molecule has 0 saturated carbocycles. The molecule has 116 valence electrons. The van der Waals surface area contributed by atoms with E-state index in [-0.39, 0.29) is 6.03 Å². The Bertz CT molecular complexity index is 470. The van der Waals surface area contributed by atoms with E-state index in [4.69, 9.17) is 16.3 Å². The fourth-order valence-corrected chi connectivity index (χ4v) is 2.75. The zero-order chi connectivity index (χ0) is 15.1. The lowest BCUT2D eigenvalue weighted by atomic mass is 10.2. The zero-order valence-corrected chi connectivity index (χ0v) is 13.0. The fraction of sp³-hybridized carbons (Fsp3) is 0.533. The van der Waals surface area contributed by atoms with Gasteiger partial charge in [0.1, 0.15) is 0 Å². The summed E-state index contributed by atoms with van der Waals surface area (Å²) in [5, 5.41) is 6.22. The van der Waals surface area contributed by atoms with E-state index in [1.165, 1.54) is 6.42 Å². The van der Waals surface area contributed by atoms with Crippen LogP contribution in [0.25, 0.3) is 0 Å². The first-order chi connectivity index (χ1) is 10.2. The van der Waals surface area contributed by atoms with E-state index in [2.05, 4.69) is 15.5 Å². The molecule has 0 bridgehead atoms. The predicted octanol–water partition coefficient (Wildman–Crippen LogP) is 2.57. The molecule has 0 spiro atoms. The van der Waals surface area contributed by atoms with Crippen molar-refractivity contribution in [2.75, 3.05) is 38.7 Å². The molecular weight excluding hydrogens is 290 g/mol. The number of methoxy groups -OCH3 is 1. The molecule has 1 unspecified atom stereocenters. The van der Waals surface area contributed by atoms with Gasteiger partial charge in [0.25, 0.3) is 0 Å². The van der Waals surface area contributed by atoms with Crippen LogP contribution in [0.1, 0.15) is 12.8 Å². The first-order valence-corrected chi connectivity index (χ1v) is 7.61. The second kappa shape index (κ2) is 8.22. The van der Waals surface area contributed by atoms with Gasteiger partial charge in [-0.05, 0) is 31.5 Å². The van der Waals surface area contributed by atoms with E-state index < -0.39 is 0 Å². The highest BCUT2D eigenvalue weighted by molar-refractivity contribution is 6.33. The molecule has 1 atom stereocenters. The first kappa shape index (κ1) is 16.1. The van der Waals surface area contributed by atoms with Crippen molar-refractivity contribution in [2.24, 2.45) is 0 Å². The molecule has 1 aliphatic heterocycles. The van der Waals surface area contributed by atoms with Gasteiger partial charge in [-0.3, -0.25) is 4.90 Å². The monoisotopic (exact) mass is 311 g/mol. The second-order valence-electron chi connectivity index (χ2n) is 5.14. The van der Waals surface area contributed by atoms with Crippen LogP contribution < -0.4 is 10.6 Å². The average molecular weight is 312 g/mol. The van der Waals surface area contributed by atoms with Crippen LogP contribution in [-0.4, -0.2) is 50.3 Å². The highest BCUT2D eigenvalue weighted by Crippen LogP contribution is 2.20. The van der Waals surface area contributed by atoms with Crippen molar-refractivity contribution < 1.29 is 9.53 Å². The van der Waals surface area contributed by atoms with E-state index in [0.717, 1.165) is 26.1 Å². The number of carbonyl (C=O) groups excluding carboxylic acids is 1. The molecule has 6 heteroatoms. The number of hydrogen-bond donors (Lipinski definition) is 2. The Morgan fingerprint density at radius 1 is 1.48 bits per heavy atom. The Morgan fingerprint density at radius 2 is 2.29 bits per heavy atom. The number of amides is 2. The summed E-state index contributed by atoms with van der Waals surface area (Å²) in [4.78, 5) is 14.3. The van der Waals surface area contributed by atoms with E-state index >= 15 is 0 Å². The molecule has 0 aliphatic carbocycles. The number of likely N-dealkylation sites (tertiary alicyclic amines) is 1. The Labute approximate surface area is 130 Å². The molecule has 21 heavy (non-hydrogen) atoms. The minimum Gasteiger partial charge on any atom is -0.383 e. The number of carbonyl (C=O) groups is 1. The molecule has 1 aromatic rings. The maximum atomic E-state index is 11.9. The number of rotatable bonds is 6. The summed E-state index contributed by atoms with van der Waals surface area (Å²) < 4.78 is 5.11. The third-order valence-corrected chi connectivity index (χ3v) is 4.03. The minimum atomic E-state index is -0.221. The normalized spacial score (nSPS) is 18.7. The van der Waals surface area contributed by atoms with E-state index in [1.807, 2.05) is 12.1 Å². The maximum Gasteiger partial charge on any atom is 0.319 e. The Balaban J connectivity index is 1.77. The van der Waals surface area contributed by atoms with Crippen molar-refractivity contribution in [3.05, 3.63) is 29.3 Å². The SMILES string of the molecule is COCCN1CCCC1CNC(=O)Nc1ccccc1Cl. The van der Waals surface area contributed by atoms with E-state index in [1.54, 1.807) is 19.2 Å². The van der Waals surface area contributed by atoms with Crippen molar-refractivity contribution in [2.45, 2.75) is 18.9 Å². The Kier molecular flexibility index (Phi) is 6.29. The van der Waals surface area contributed by atoms with Crippen LogP contribution in [0.15, 0.2) is 24.3 Å². The van der Waals surface area contributed by atoms with Crippen LogP contribution in [-0.2, 0) is 4.74 Å². The Morgan fingerprint density at radius 3 is 3.05 bits per heavy atom. The van der Waals surface area contributed by atoms with Gasteiger partial charge in [0.15, 0.2) is 0 Å². The summed E-state index contributed by atoms with van der Waals surface area (Å²) in [5.74, 6) is 0. The van der Waals surface area contributed by atoms with E-state index in [9.17, 15) is 4.79 Å². The number of nitrogens with zero attached hydrogens (tertiary/aromatic N) is 1. The molecule has 1 aromatic carbocycles. The molecule has 1 fully saturated rings. The predicted molar refractivity (Wildman–Crippen MR) is 84.9 cm³/mol. The maximum absolute atomic E-state index is 11.9. The minimum absolute atomic E-state index is 0.221. The summed E-state index contributed by atoms with van der Waals surface area (Å²) in [7, 11) is 1.71. The van der Waals surface area contributed by atoms with Crippen molar-refractivity contribution in [1.82, 2.24) is 10.2 Å². The molecule has 2 amide bonds. The van der Waals surface area contributed by atoms with Gasteiger partial charge in [0.2, 0.25) is 0 Å². The van der Waals surface area contributed by atoms with Gasteiger partial charge < -0.3 is 15.4 Å². The highest BCUT2D eigenvalue weighted by atomic mass is 35.5. The van der Waals surface area contributed by atoms with Crippen molar-refractivity contribution in [3.8, 4) is 0 Å². The van der Waals surface area contributed by atoms with Crippen LogP contribution in [0.3, 0.4) is 0 Å². The van der Waals surface area contributed by atoms with Crippen LogP contribution in [0, 0.1) is 0 Å². The summed E-state index contributed by atoms with van der Waals surface area (Å²) in [6.45, 7) is 3.35. The smallest absolute Gasteiger partial charge is 0.319 e. The fourth-order valence-electron chi connectivity index (χ4n) is 2.57. The third kappa shape index (κ3) is 4.88. The largest absolute Gasteiger partial charge is 0.383 e. The molecule has 2 N–H and O–H groups in total. The Hall–Kier alpha value is -1.30. The number of halogens is 1. The number of hydrogen-bond acceptors (Lipinski definition) is 3. The molecular formula is C15H22ClN3O2. The number of urea groups is 1. The van der Waals surface area contributed by atoms with Gasteiger partial charge in [-0.15, -0.1) is 0 Å². The van der Waals surface area contributed by atoms with Crippen LogP contribution in [0.4, 0.5) is 10.5 Å². The summed E-state index contributed by atoms with van der Waals surface area (Å²) in [5.41, 5.74) is 0.624. The average Bonchev–Trinajstić information content (AvgIpc) is 2.93. The molecule has 0 aromatic heterocycles. The topological polar surface area (TPSA) is 53.6 Å².